The molecular formula is C24H25BrN2O. The van der Waals surface area contributed by atoms with E-state index in [1.54, 1.807) is 0 Å². The van der Waals surface area contributed by atoms with E-state index in [0.29, 0.717) is 0 Å². The second-order valence-corrected chi connectivity index (χ2v) is 9.08. The summed E-state index contributed by atoms with van der Waals surface area (Å²) in [5, 5.41) is 2.33. The highest BCUT2D eigenvalue weighted by atomic mass is 79.9. The number of benzene rings is 2. The van der Waals surface area contributed by atoms with Crippen LogP contribution >= 0.6 is 15.9 Å². The van der Waals surface area contributed by atoms with Crippen molar-refractivity contribution in [1.82, 2.24) is 9.88 Å². The van der Waals surface area contributed by atoms with E-state index in [0.717, 1.165) is 34.7 Å². The van der Waals surface area contributed by atoms with Crippen molar-refractivity contribution < 1.29 is 4.74 Å². The van der Waals surface area contributed by atoms with Crippen LogP contribution in [0.1, 0.15) is 31.2 Å². The maximum Gasteiger partial charge on any atom is 0.120 e. The summed E-state index contributed by atoms with van der Waals surface area (Å²) in [4.78, 5) is 6.87. The summed E-state index contributed by atoms with van der Waals surface area (Å²) in [5.41, 5.74) is 1.68. The van der Waals surface area contributed by atoms with Crippen molar-refractivity contribution >= 4 is 26.7 Å². The minimum Gasteiger partial charge on any atom is -0.492 e. The van der Waals surface area contributed by atoms with Crippen LogP contribution in [0.4, 0.5) is 0 Å². The standard InChI is InChI=1S/C24H25BrN2O/c25-22-6-4-21(5-7-22)24(10-11-24)27(17-18-1-2-18)13-14-28-23-8-3-20-16-26-12-9-19(20)15-23/h3-9,12,15-16,18H,1-2,10-11,13-14,17H2. The molecule has 0 atom stereocenters. The zero-order valence-corrected chi connectivity index (χ0v) is 17.6. The molecule has 0 bridgehead atoms. The molecule has 2 fully saturated rings. The first-order chi connectivity index (χ1) is 13.7. The Labute approximate surface area is 174 Å². The van der Waals surface area contributed by atoms with Crippen LogP contribution < -0.4 is 4.74 Å². The summed E-state index contributed by atoms with van der Waals surface area (Å²) in [6, 6.07) is 17.2. The topological polar surface area (TPSA) is 25.4 Å². The number of fused-ring (bicyclic) bond motifs is 1. The zero-order chi connectivity index (χ0) is 19.0. The summed E-state index contributed by atoms with van der Waals surface area (Å²) in [6.07, 6.45) is 9.00. The maximum atomic E-state index is 6.15. The molecule has 3 nitrogen and oxygen atoms in total. The van der Waals surface area contributed by atoms with Gasteiger partial charge in [0.05, 0.1) is 0 Å². The average Bonchev–Trinajstić information content (AvgIpc) is 3.63. The van der Waals surface area contributed by atoms with Crippen molar-refractivity contribution in [2.24, 2.45) is 5.92 Å². The van der Waals surface area contributed by atoms with Gasteiger partial charge in [-0.3, -0.25) is 9.88 Å². The van der Waals surface area contributed by atoms with E-state index >= 15 is 0 Å². The third-order valence-electron chi connectivity index (χ3n) is 6.13. The summed E-state index contributed by atoms with van der Waals surface area (Å²) in [7, 11) is 0. The summed E-state index contributed by atoms with van der Waals surface area (Å²) >= 11 is 3.57. The molecule has 0 aliphatic heterocycles. The molecule has 0 unspecified atom stereocenters. The third-order valence-corrected chi connectivity index (χ3v) is 6.66. The molecule has 2 aliphatic rings. The van der Waals surface area contributed by atoms with Crippen molar-refractivity contribution in [1.29, 1.82) is 0 Å². The number of hydrogen-bond acceptors (Lipinski definition) is 3. The highest BCUT2D eigenvalue weighted by Crippen LogP contribution is 2.52. The van der Waals surface area contributed by atoms with Gasteiger partial charge in [-0.2, -0.15) is 0 Å². The Bertz CT molecular complexity index is 964. The van der Waals surface area contributed by atoms with E-state index in [9.17, 15) is 0 Å². The molecule has 0 N–H and O–H groups in total. The summed E-state index contributed by atoms with van der Waals surface area (Å²) in [5.74, 6) is 1.82. The summed E-state index contributed by atoms with van der Waals surface area (Å²) < 4.78 is 7.30. The fourth-order valence-electron chi connectivity index (χ4n) is 4.18. The SMILES string of the molecule is Brc1ccc(C2(N(CCOc3ccc4cnccc4c3)CC3CC3)CC2)cc1. The molecule has 0 saturated heterocycles. The van der Waals surface area contributed by atoms with Gasteiger partial charge in [0.15, 0.2) is 0 Å². The fraction of sp³-hybridized carbons (Fsp3) is 0.375. The van der Waals surface area contributed by atoms with Crippen molar-refractivity contribution in [2.75, 3.05) is 19.7 Å². The number of pyridine rings is 1. The molecule has 3 aromatic rings. The quantitative estimate of drug-likeness (QED) is 0.447. The molecule has 2 aliphatic carbocycles. The van der Waals surface area contributed by atoms with Crippen LogP contribution in [0, 0.1) is 5.92 Å². The summed E-state index contributed by atoms with van der Waals surface area (Å²) in [6.45, 7) is 2.89. The fourth-order valence-corrected chi connectivity index (χ4v) is 4.45. The van der Waals surface area contributed by atoms with Crippen LogP contribution in [0.2, 0.25) is 0 Å². The van der Waals surface area contributed by atoms with E-state index in [4.69, 9.17) is 4.74 Å². The lowest BCUT2D eigenvalue weighted by molar-refractivity contribution is 0.136. The molecule has 28 heavy (non-hydrogen) atoms. The molecule has 0 radical (unpaired) electrons. The van der Waals surface area contributed by atoms with E-state index < -0.39 is 0 Å². The Balaban J connectivity index is 1.28. The first-order valence-corrected chi connectivity index (χ1v) is 11.0. The first kappa shape index (κ1) is 18.1. The van der Waals surface area contributed by atoms with E-state index in [-0.39, 0.29) is 5.54 Å². The number of aromatic nitrogens is 1. The number of rotatable bonds is 8. The van der Waals surface area contributed by atoms with Crippen molar-refractivity contribution in [2.45, 2.75) is 31.2 Å². The van der Waals surface area contributed by atoms with Gasteiger partial charge in [0.2, 0.25) is 0 Å². The molecule has 0 amide bonds. The highest BCUT2D eigenvalue weighted by molar-refractivity contribution is 9.10. The normalized spacial score (nSPS) is 17.8. The maximum absolute atomic E-state index is 6.15. The number of halogens is 1. The van der Waals surface area contributed by atoms with E-state index in [2.05, 4.69) is 68.3 Å². The van der Waals surface area contributed by atoms with Crippen LogP contribution in [0.3, 0.4) is 0 Å². The molecule has 1 heterocycles. The predicted octanol–water partition coefficient (Wildman–Crippen LogP) is 5.78. The molecule has 1 aromatic heterocycles. The molecule has 2 saturated carbocycles. The Morgan fingerprint density at radius 3 is 2.61 bits per heavy atom. The van der Waals surface area contributed by atoms with E-state index in [1.165, 1.54) is 43.2 Å². The largest absolute Gasteiger partial charge is 0.492 e. The third kappa shape index (κ3) is 3.81. The van der Waals surface area contributed by atoms with Gasteiger partial charge in [0, 0.05) is 40.9 Å². The highest BCUT2D eigenvalue weighted by Gasteiger charge is 2.50. The smallest absolute Gasteiger partial charge is 0.120 e. The Kier molecular flexibility index (Phi) is 4.85. The predicted molar refractivity (Wildman–Crippen MR) is 117 cm³/mol. The second-order valence-electron chi connectivity index (χ2n) is 8.16. The second kappa shape index (κ2) is 7.49. The lowest BCUT2D eigenvalue weighted by Crippen LogP contribution is -2.39. The monoisotopic (exact) mass is 436 g/mol. The van der Waals surface area contributed by atoms with Crippen LogP contribution in [-0.4, -0.2) is 29.6 Å². The van der Waals surface area contributed by atoms with Crippen LogP contribution in [-0.2, 0) is 5.54 Å². The van der Waals surface area contributed by atoms with E-state index in [1.807, 2.05) is 18.5 Å². The van der Waals surface area contributed by atoms with Crippen molar-refractivity contribution in [3.05, 3.63) is 71.0 Å². The van der Waals surface area contributed by atoms with Gasteiger partial charge in [0.25, 0.3) is 0 Å². The minimum atomic E-state index is 0.224. The van der Waals surface area contributed by atoms with Gasteiger partial charge < -0.3 is 4.74 Å². The Hall–Kier alpha value is -1.91. The molecule has 144 valence electrons. The van der Waals surface area contributed by atoms with Gasteiger partial charge in [-0.25, -0.2) is 0 Å². The molecule has 5 rings (SSSR count). The average molecular weight is 437 g/mol. The number of nitrogens with zero attached hydrogens (tertiary/aromatic N) is 2. The Morgan fingerprint density at radius 1 is 1.04 bits per heavy atom. The van der Waals surface area contributed by atoms with Gasteiger partial charge in [0.1, 0.15) is 12.4 Å². The van der Waals surface area contributed by atoms with Gasteiger partial charge in [-0.15, -0.1) is 0 Å². The van der Waals surface area contributed by atoms with Crippen LogP contribution in [0.5, 0.6) is 5.75 Å². The van der Waals surface area contributed by atoms with Gasteiger partial charge in [-0.05, 0) is 78.9 Å². The number of ether oxygens (including phenoxy) is 1. The van der Waals surface area contributed by atoms with Crippen molar-refractivity contribution in [3.63, 3.8) is 0 Å². The minimum absolute atomic E-state index is 0.224. The lowest BCUT2D eigenvalue weighted by Gasteiger charge is -2.32. The zero-order valence-electron chi connectivity index (χ0n) is 16.0. The molecule has 0 spiro atoms. The van der Waals surface area contributed by atoms with Gasteiger partial charge >= 0.3 is 0 Å². The molecular weight excluding hydrogens is 412 g/mol. The lowest BCUT2D eigenvalue weighted by atomic mass is 10.0. The van der Waals surface area contributed by atoms with Crippen molar-refractivity contribution in [3.8, 4) is 5.75 Å². The molecule has 2 aromatic carbocycles. The number of hydrogen-bond donors (Lipinski definition) is 0. The first-order valence-electron chi connectivity index (χ1n) is 10.2. The van der Waals surface area contributed by atoms with Crippen LogP contribution in [0.15, 0.2) is 65.4 Å². The Morgan fingerprint density at radius 2 is 1.86 bits per heavy atom. The van der Waals surface area contributed by atoms with Crippen LogP contribution in [0.25, 0.3) is 10.8 Å². The van der Waals surface area contributed by atoms with Gasteiger partial charge in [-0.1, -0.05) is 28.1 Å². The molecule has 4 heteroatoms.